The van der Waals surface area contributed by atoms with Crippen molar-refractivity contribution >= 4 is 52.6 Å². The summed E-state index contributed by atoms with van der Waals surface area (Å²) in [4.78, 5) is 13.0. The second kappa shape index (κ2) is 7.72. The molecule has 1 atom stereocenters. The van der Waals surface area contributed by atoms with Crippen molar-refractivity contribution in [2.24, 2.45) is 0 Å². The number of amides is 1. The molecule has 2 aromatic carbocycles. The van der Waals surface area contributed by atoms with Crippen molar-refractivity contribution in [1.82, 2.24) is 9.88 Å². The molecule has 3 aromatic rings. The van der Waals surface area contributed by atoms with Gasteiger partial charge in [0.15, 0.2) is 5.50 Å². The highest BCUT2D eigenvalue weighted by atomic mass is 35.5. The Labute approximate surface area is 171 Å². The number of hydrogen-bond acceptors (Lipinski definition) is 3. The lowest BCUT2D eigenvalue weighted by molar-refractivity contribution is -0.116. The van der Waals surface area contributed by atoms with E-state index in [0.29, 0.717) is 20.6 Å². The minimum absolute atomic E-state index is 0.128. The molecule has 4 rings (SSSR count). The van der Waals surface area contributed by atoms with Gasteiger partial charge in [0.25, 0.3) is 5.91 Å². The normalized spacial score (nSPS) is 17.9. The molecule has 27 heavy (non-hydrogen) atoms. The van der Waals surface area contributed by atoms with E-state index in [1.807, 2.05) is 71.4 Å². The minimum Gasteiger partial charge on any atom is -0.355 e. The van der Waals surface area contributed by atoms with E-state index in [-0.39, 0.29) is 11.4 Å². The van der Waals surface area contributed by atoms with Crippen molar-refractivity contribution in [1.29, 1.82) is 0 Å². The van der Waals surface area contributed by atoms with Crippen LogP contribution in [0, 0.1) is 0 Å². The summed E-state index contributed by atoms with van der Waals surface area (Å²) in [6, 6.07) is 19.3. The van der Waals surface area contributed by atoms with Gasteiger partial charge in [0.05, 0.1) is 20.6 Å². The van der Waals surface area contributed by atoms with E-state index in [4.69, 9.17) is 23.2 Å². The summed E-state index contributed by atoms with van der Waals surface area (Å²) in [5.74, 6) is -0.128. The van der Waals surface area contributed by atoms with Crippen LogP contribution in [-0.4, -0.2) is 16.0 Å². The molecule has 0 bridgehead atoms. The molecule has 0 aliphatic carbocycles. The van der Waals surface area contributed by atoms with E-state index < -0.39 is 0 Å². The number of thioether (sulfide) groups is 1. The number of anilines is 1. The van der Waals surface area contributed by atoms with Crippen LogP contribution in [0.5, 0.6) is 0 Å². The average Bonchev–Trinajstić information content (AvgIpc) is 3.27. The predicted octanol–water partition coefficient (Wildman–Crippen LogP) is 5.38. The van der Waals surface area contributed by atoms with Gasteiger partial charge < -0.3 is 15.2 Å². The van der Waals surface area contributed by atoms with Crippen molar-refractivity contribution in [2.45, 2.75) is 5.50 Å². The van der Waals surface area contributed by atoms with Crippen LogP contribution in [0.25, 0.3) is 11.8 Å². The number of aromatic nitrogens is 1. The van der Waals surface area contributed by atoms with Gasteiger partial charge in [-0.3, -0.25) is 4.79 Å². The molecule has 1 amide bonds. The fourth-order valence-corrected chi connectivity index (χ4v) is 4.11. The summed E-state index contributed by atoms with van der Waals surface area (Å²) < 4.78 is 2.04. The van der Waals surface area contributed by atoms with Crippen LogP contribution in [0.3, 0.4) is 0 Å². The van der Waals surface area contributed by atoms with Crippen molar-refractivity contribution in [3.05, 3.63) is 87.5 Å². The zero-order chi connectivity index (χ0) is 18.8. The van der Waals surface area contributed by atoms with Gasteiger partial charge in [0, 0.05) is 17.6 Å². The van der Waals surface area contributed by atoms with Crippen LogP contribution in [0.1, 0.15) is 5.69 Å². The first-order valence-corrected chi connectivity index (χ1v) is 9.88. The molecule has 4 nitrogen and oxygen atoms in total. The second-order valence-electron chi connectivity index (χ2n) is 5.86. The Bertz CT molecular complexity index is 1020. The van der Waals surface area contributed by atoms with Crippen LogP contribution in [0.4, 0.5) is 5.69 Å². The number of benzene rings is 2. The average molecular weight is 416 g/mol. The molecule has 1 fully saturated rings. The maximum Gasteiger partial charge on any atom is 0.260 e. The number of rotatable bonds is 4. The van der Waals surface area contributed by atoms with E-state index in [1.165, 1.54) is 11.8 Å². The number of carbonyl (C=O) groups excluding carboxylic acids is 1. The molecule has 1 aliphatic heterocycles. The van der Waals surface area contributed by atoms with Gasteiger partial charge in [-0.05, 0) is 42.5 Å². The summed E-state index contributed by atoms with van der Waals surface area (Å²) in [5, 5.41) is 7.01. The predicted molar refractivity (Wildman–Crippen MR) is 113 cm³/mol. The molecule has 2 N–H and O–H groups in total. The molecule has 7 heteroatoms. The standard InChI is InChI=1S/C20H15Cl2N3OS/c21-15-9-4-10-16(18(15)22)23-20-24-19(26)17(27-20)12-14-8-5-11-25(14)13-6-2-1-3-7-13/h1-12,20,23H,(H,24,26)/b17-12+/t20-/m1/s1. The third kappa shape index (κ3) is 3.86. The highest BCUT2D eigenvalue weighted by Gasteiger charge is 2.28. The summed E-state index contributed by atoms with van der Waals surface area (Å²) in [5.41, 5.74) is 2.33. The number of carbonyl (C=O) groups is 1. The van der Waals surface area contributed by atoms with Crippen LogP contribution >= 0.6 is 35.0 Å². The number of para-hydroxylation sites is 1. The first kappa shape index (κ1) is 18.0. The first-order valence-electron chi connectivity index (χ1n) is 8.24. The Kier molecular flexibility index (Phi) is 5.16. The van der Waals surface area contributed by atoms with Crippen molar-refractivity contribution in [3.63, 3.8) is 0 Å². The largest absolute Gasteiger partial charge is 0.355 e. The maximum atomic E-state index is 12.4. The van der Waals surface area contributed by atoms with E-state index >= 15 is 0 Å². The molecule has 0 spiro atoms. The minimum atomic E-state index is -0.320. The van der Waals surface area contributed by atoms with E-state index in [1.54, 1.807) is 6.07 Å². The van der Waals surface area contributed by atoms with Crippen LogP contribution in [-0.2, 0) is 4.79 Å². The lowest BCUT2D eigenvalue weighted by atomic mass is 10.3. The molecule has 1 aromatic heterocycles. The number of hydrogen-bond donors (Lipinski definition) is 2. The lowest BCUT2D eigenvalue weighted by Crippen LogP contribution is -2.31. The SMILES string of the molecule is O=C1N[C@@H](Nc2cccc(Cl)c2Cl)S/C1=C/c1cccn1-c1ccccc1. The smallest absolute Gasteiger partial charge is 0.260 e. The Hall–Kier alpha value is -2.34. The molecule has 0 radical (unpaired) electrons. The lowest BCUT2D eigenvalue weighted by Gasteiger charge is -2.14. The summed E-state index contributed by atoms with van der Waals surface area (Å²) in [6.07, 6.45) is 3.86. The zero-order valence-electron chi connectivity index (χ0n) is 14.0. The van der Waals surface area contributed by atoms with Crippen molar-refractivity contribution < 1.29 is 4.79 Å². The summed E-state index contributed by atoms with van der Waals surface area (Å²) in [7, 11) is 0. The quantitative estimate of drug-likeness (QED) is 0.561. The van der Waals surface area contributed by atoms with E-state index in [9.17, 15) is 4.79 Å². The van der Waals surface area contributed by atoms with Gasteiger partial charge >= 0.3 is 0 Å². The molecular weight excluding hydrogens is 401 g/mol. The number of nitrogens with zero attached hydrogens (tertiary/aromatic N) is 1. The third-order valence-corrected chi connectivity index (χ3v) is 5.91. The zero-order valence-corrected chi connectivity index (χ0v) is 16.4. The van der Waals surface area contributed by atoms with Crippen LogP contribution in [0.2, 0.25) is 10.0 Å². The number of nitrogens with one attached hydrogen (secondary N) is 2. The second-order valence-corrected chi connectivity index (χ2v) is 7.80. The molecule has 1 saturated heterocycles. The fraction of sp³-hybridized carbons (Fsp3) is 0.0500. The van der Waals surface area contributed by atoms with Gasteiger partial charge in [-0.1, -0.05) is 59.2 Å². The molecular formula is C20H15Cl2N3OS. The van der Waals surface area contributed by atoms with Gasteiger partial charge in [0.2, 0.25) is 0 Å². The summed E-state index contributed by atoms with van der Waals surface area (Å²) >= 11 is 13.7. The van der Waals surface area contributed by atoms with Gasteiger partial charge in [0.1, 0.15) is 0 Å². The van der Waals surface area contributed by atoms with Crippen molar-refractivity contribution in [2.75, 3.05) is 5.32 Å². The van der Waals surface area contributed by atoms with Gasteiger partial charge in [-0.25, -0.2) is 0 Å². The molecule has 2 heterocycles. The third-order valence-electron chi connectivity index (χ3n) is 4.06. The Balaban J connectivity index is 1.55. The van der Waals surface area contributed by atoms with Crippen LogP contribution in [0.15, 0.2) is 71.8 Å². The van der Waals surface area contributed by atoms with Crippen LogP contribution < -0.4 is 10.6 Å². The Morgan fingerprint density at radius 1 is 1.04 bits per heavy atom. The molecule has 1 aliphatic rings. The van der Waals surface area contributed by atoms with Gasteiger partial charge in [-0.2, -0.15) is 0 Å². The molecule has 0 saturated carbocycles. The van der Waals surface area contributed by atoms with Crippen molar-refractivity contribution in [3.8, 4) is 5.69 Å². The fourth-order valence-electron chi connectivity index (χ4n) is 2.79. The Morgan fingerprint density at radius 3 is 2.67 bits per heavy atom. The highest BCUT2D eigenvalue weighted by Crippen LogP contribution is 2.34. The van der Waals surface area contributed by atoms with E-state index in [2.05, 4.69) is 10.6 Å². The Morgan fingerprint density at radius 2 is 1.85 bits per heavy atom. The van der Waals surface area contributed by atoms with Gasteiger partial charge in [-0.15, -0.1) is 0 Å². The maximum absolute atomic E-state index is 12.4. The molecule has 0 unspecified atom stereocenters. The summed E-state index contributed by atoms with van der Waals surface area (Å²) in [6.45, 7) is 0. The van der Waals surface area contributed by atoms with E-state index in [0.717, 1.165) is 11.4 Å². The molecule has 136 valence electrons. The number of halogens is 2. The topological polar surface area (TPSA) is 46.1 Å². The first-order chi connectivity index (χ1) is 13.1. The highest BCUT2D eigenvalue weighted by molar-refractivity contribution is 8.05. The monoisotopic (exact) mass is 415 g/mol.